The van der Waals surface area contributed by atoms with Gasteiger partial charge in [0, 0.05) is 32.1 Å². The Labute approximate surface area is 87.2 Å². The Balaban J connectivity index is 2.23. The van der Waals surface area contributed by atoms with Crippen molar-refractivity contribution in [1.82, 2.24) is 15.1 Å². The van der Waals surface area contributed by atoms with E-state index in [1.54, 1.807) is 11.7 Å². The van der Waals surface area contributed by atoms with Gasteiger partial charge in [0.2, 0.25) is 0 Å². The van der Waals surface area contributed by atoms with E-state index in [-0.39, 0.29) is 0 Å². The van der Waals surface area contributed by atoms with Crippen molar-refractivity contribution in [3.05, 3.63) is 16.4 Å². The highest BCUT2D eigenvalue weighted by Crippen LogP contribution is 2.28. The number of aryl methyl sites for hydroxylation is 2. The second-order valence-electron chi connectivity index (χ2n) is 3.91. The van der Waals surface area contributed by atoms with E-state index in [9.17, 15) is 4.39 Å². The molecule has 0 radical (unpaired) electrons. The average Bonchev–Trinajstić information content (AvgIpc) is 2.29. The summed E-state index contributed by atoms with van der Waals surface area (Å²) in [6.45, 7) is 2.69. The molecule has 1 aromatic rings. The van der Waals surface area contributed by atoms with Crippen LogP contribution in [-0.2, 0) is 13.5 Å². The molecule has 0 amide bonds. The minimum absolute atomic E-state index is 0.360. The van der Waals surface area contributed by atoms with Crippen LogP contribution in [0.25, 0.3) is 0 Å². The lowest BCUT2D eigenvalue weighted by Crippen LogP contribution is -2.57. The fraction of sp³-hybridized carbons (Fsp3) is 0.667. The standard InChI is InChI=1S/C9H13ClFN3/c1-6-7(8(10)14(2)13-6)3-9(11)4-12-5-9/h12H,3-5H2,1-2H3. The first-order valence-electron chi connectivity index (χ1n) is 4.59. The normalized spacial score (nSPS) is 19.4. The highest BCUT2D eigenvalue weighted by Gasteiger charge is 2.38. The summed E-state index contributed by atoms with van der Waals surface area (Å²) in [5.74, 6) is 0. The lowest BCUT2D eigenvalue weighted by molar-refractivity contribution is 0.0910. The molecule has 0 aromatic carbocycles. The van der Waals surface area contributed by atoms with Crippen molar-refractivity contribution in [2.45, 2.75) is 19.0 Å². The zero-order chi connectivity index (χ0) is 10.3. The molecular weight excluding hydrogens is 205 g/mol. The average molecular weight is 218 g/mol. The van der Waals surface area contributed by atoms with Crippen LogP contribution in [0.3, 0.4) is 0 Å². The maximum absolute atomic E-state index is 13.8. The molecule has 1 aliphatic heterocycles. The molecule has 0 spiro atoms. The molecule has 2 rings (SSSR count). The maximum atomic E-state index is 13.8. The summed E-state index contributed by atoms with van der Waals surface area (Å²) in [6, 6.07) is 0. The van der Waals surface area contributed by atoms with Crippen LogP contribution in [0.1, 0.15) is 11.3 Å². The van der Waals surface area contributed by atoms with E-state index in [0.29, 0.717) is 24.7 Å². The predicted octanol–water partition coefficient (Wildman–Crippen LogP) is 1.24. The van der Waals surface area contributed by atoms with Gasteiger partial charge in [-0.25, -0.2) is 4.39 Å². The molecule has 2 heterocycles. The summed E-state index contributed by atoms with van der Waals surface area (Å²) >= 11 is 6.01. The predicted molar refractivity (Wildman–Crippen MR) is 53.4 cm³/mol. The van der Waals surface area contributed by atoms with E-state index in [4.69, 9.17) is 11.6 Å². The Morgan fingerprint density at radius 3 is 2.64 bits per heavy atom. The van der Waals surface area contributed by atoms with E-state index in [0.717, 1.165) is 11.3 Å². The maximum Gasteiger partial charge on any atom is 0.139 e. The molecule has 1 aromatic heterocycles. The van der Waals surface area contributed by atoms with Crippen molar-refractivity contribution in [3.8, 4) is 0 Å². The van der Waals surface area contributed by atoms with Gasteiger partial charge in [-0.2, -0.15) is 5.10 Å². The van der Waals surface area contributed by atoms with Gasteiger partial charge < -0.3 is 5.32 Å². The quantitative estimate of drug-likeness (QED) is 0.808. The molecule has 1 saturated heterocycles. The molecule has 0 unspecified atom stereocenters. The minimum atomic E-state index is -1.13. The van der Waals surface area contributed by atoms with Gasteiger partial charge in [0.05, 0.1) is 5.69 Å². The Morgan fingerprint density at radius 1 is 1.64 bits per heavy atom. The number of nitrogens with one attached hydrogen (secondary N) is 1. The summed E-state index contributed by atoms with van der Waals surface area (Å²) < 4.78 is 15.4. The molecule has 1 fully saturated rings. The summed E-state index contributed by atoms with van der Waals surface area (Å²) in [6.07, 6.45) is 0.360. The molecule has 5 heteroatoms. The van der Waals surface area contributed by atoms with Crippen LogP contribution < -0.4 is 5.32 Å². The summed E-state index contributed by atoms with van der Waals surface area (Å²) in [7, 11) is 1.77. The third-order valence-corrected chi connectivity index (χ3v) is 3.12. The van der Waals surface area contributed by atoms with Crippen LogP contribution in [0.5, 0.6) is 0 Å². The smallest absolute Gasteiger partial charge is 0.139 e. The van der Waals surface area contributed by atoms with Crippen molar-refractivity contribution in [1.29, 1.82) is 0 Å². The summed E-state index contributed by atoms with van der Waals surface area (Å²) in [4.78, 5) is 0. The van der Waals surface area contributed by atoms with Gasteiger partial charge in [-0.1, -0.05) is 11.6 Å². The second-order valence-corrected chi connectivity index (χ2v) is 4.27. The molecule has 14 heavy (non-hydrogen) atoms. The van der Waals surface area contributed by atoms with Crippen molar-refractivity contribution < 1.29 is 4.39 Å². The molecule has 78 valence electrons. The topological polar surface area (TPSA) is 29.9 Å². The number of rotatable bonds is 2. The Morgan fingerprint density at radius 2 is 2.29 bits per heavy atom. The molecule has 0 saturated carbocycles. The van der Waals surface area contributed by atoms with Crippen LogP contribution in [0.15, 0.2) is 0 Å². The Bertz CT molecular complexity index is 357. The highest BCUT2D eigenvalue weighted by molar-refractivity contribution is 6.30. The first-order valence-corrected chi connectivity index (χ1v) is 4.97. The Kier molecular flexibility index (Phi) is 2.27. The number of hydrogen-bond donors (Lipinski definition) is 1. The van der Waals surface area contributed by atoms with Gasteiger partial charge in [-0.15, -0.1) is 0 Å². The summed E-state index contributed by atoms with van der Waals surface area (Å²) in [5.41, 5.74) is 0.525. The zero-order valence-corrected chi connectivity index (χ0v) is 9.03. The van der Waals surface area contributed by atoms with Gasteiger partial charge in [0.15, 0.2) is 0 Å². The third kappa shape index (κ3) is 1.53. The van der Waals surface area contributed by atoms with Crippen LogP contribution in [0.4, 0.5) is 4.39 Å². The number of alkyl halides is 1. The van der Waals surface area contributed by atoms with Gasteiger partial charge in [0.1, 0.15) is 10.8 Å². The van der Waals surface area contributed by atoms with E-state index in [1.807, 2.05) is 6.92 Å². The monoisotopic (exact) mass is 217 g/mol. The van der Waals surface area contributed by atoms with E-state index in [1.165, 1.54) is 0 Å². The first-order chi connectivity index (χ1) is 6.52. The van der Waals surface area contributed by atoms with Gasteiger partial charge in [0.25, 0.3) is 0 Å². The van der Waals surface area contributed by atoms with Crippen LogP contribution in [0.2, 0.25) is 5.15 Å². The number of hydrogen-bond acceptors (Lipinski definition) is 2. The van der Waals surface area contributed by atoms with Crippen molar-refractivity contribution >= 4 is 11.6 Å². The SMILES string of the molecule is Cc1nn(C)c(Cl)c1CC1(F)CNC1. The lowest BCUT2D eigenvalue weighted by Gasteiger charge is -2.34. The van der Waals surface area contributed by atoms with Crippen molar-refractivity contribution in [2.24, 2.45) is 7.05 Å². The molecule has 0 aliphatic carbocycles. The zero-order valence-electron chi connectivity index (χ0n) is 8.27. The molecular formula is C9H13ClFN3. The van der Waals surface area contributed by atoms with Crippen LogP contribution >= 0.6 is 11.6 Å². The fourth-order valence-electron chi connectivity index (χ4n) is 1.71. The van der Waals surface area contributed by atoms with Gasteiger partial charge >= 0.3 is 0 Å². The number of aromatic nitrogens is 2. The first kappa shape index (κ1) is 9.93. The number of halogens is 2. The lowest BCUT2D eigenvalue weighted by atomic mass is 9.91. The molecule has 0 atom stereocenters. The highest BCUT2D eigenvalue weighted by atomic mass is 35.5. The molecule has 1 aliphatic rings. The minimum Gasteiger partial charge on any atom is -0.310 e. The van der Waals surface area contributed by atoms with Crippen molar-refractivity contribution in [2.75, 3.05) is 13.1 Å². The van der Waals surface area contributed by atoms with E-state index in [2.05, 4.69) is 10.4 Å². The largest absolute Gasteiger partial charge is 0.310 e. The fourth-order valence-corrected chi connectivity index (χ4v) is 1.95. The molecule has 0 bridgehead atoms. The van der Waals surface area contributed by atoms with E-state index < -0.39 is 5.67 Å². The van der Waals surface area contributed by atoms with Crippen molar-refractivity contribution in [3.63, 3.8) is 0 Å². The van der Waals surface area contributed by atoms with E-state index >= 15 is 0 Å². The number of nitrogens with zero attached hydrogens (tertiary/aromatic N) is 2. The van der Waals surface area contributed by atoms with Gasteiger partial charge in [-0.3, -0.25) is 4.68 Å². The summed E-state index contributed by atoms with van der Waals surface area (Å²) in [5, 5.41) is 7.62. The molecule has 3 nitrogen and oxygen atoms in total. The second kappa shape index (κ2) is 3.21. The third-order valence-electron chi connectivity index (χ3n) is 2.65. The molecule has 1 N–H and O–H groups in total. The van der Waals surface area contributed by atoms with Gasteiger partial charge in [-0.05, 0) is 6.92 Å². The van der Waals surface area contributed by atoms with Crippen LogP contribution in [-0.4, -0.2) is 28.5 Å². The van der Waals surface area contributed by atoms with Crippen LogP contribution in [0, 0.1) is 6.92 Å². The Hall–Kier alpha value is -0.610.